The summed E-state index contributed by atoms with van der Waals surface area (Å²) in [4.78, 5) is 21.9. The number of nitro benzene ring substituents is 1. The fourth-order valence-electron chi connectivity index (χ4n) is 1.76. The maximum Gasteiger partial charge on any atom is 0.270 e. The Hall–Kier alpha value is -2.95. The molecule has 0 aliphatic rings. The van der Waals surface area contributed by atoms with Crippen molar-refractivity contribution < 1.29 is 9.72 Å². The average Bonchev–Trinajstić information content (AvgIpc) is 2.52. The molecule has 5 heteroatoms. The quantitative estimate of drug-likeness (QED) is 0.520. The van der Waals surface area contributed by atoms with E-state index in [1.165, 1.54) is 18.2 Å². The molecule has 5 nitrogen and oxygen atoms in total. The minimum atomic E-state index is -0.465. The molecule has 0 bridgehead atoms. The van der Waals surface area contributed by atoms with E-state index in [4.69, 9.17) is 0 Å². The topological polar surface area (TPSA) is 72.2 Å². The zero-order chi connectivity index (χ0) is 15.1. The Labute approximate surface area is 122 Å². The molecule has 106 valence electrons. The number of carbonyl (C=O) groups excluding carboxylic acids is 1. The third-order valence-electron chi connectivity index (χ3n) is 2.82. The molecule has 1 amide bonds. The van der Waals surface area contributed by atoms with Crippen molar-refractivity contribution in [1.82, 2.24) is 5.32 Å². The van der Waals surface area contributed by atoms with Crippen molar-refractivity contribution in [3.63, 3.8) is 0 Å². The number of nitrogens with zero attached hydrogens (tertiary/aromatic N) is 1. The molecular formula is C16H14N2O3. The van der Waals surface area contributed by atoms with E-state index in [9.17, 15) is 14.9 Å². The maximum atomic E-state index is 11.7. The third kappa shape index (κ3) is 4.58. The van der Waals surface area contributed by atoms with Crippen LogP contribution in [0.4, 0.5) is 5.69 Å². The first-order chi connectivity index (χ1) is 10.1. The van der Waals surface area contributed by atoms with Crippen molar-refractivity contribution >= 4 is 17.7 Å². The lowest BCUT2D eigenvalue weighted by molar-refractivity contribution is -0.384. The summed E-state index contributed by atoms with van der Waals surface area (Å²) in [6.45, 7) is 0.443. The molecule has 0 saturated heterocycles. The van der Waals surface area contributed by atoms with Gasteiger partial charge in [0.05, 0.1) is 4.92 Å². The molecule has 0 aliphatic heterocycles. The number of rotatable bonds is 5. The van der Waals surface area contributed by atoms with Crippen molar-refractivity contribution in [2.45, 2.75) is 6.54 Å². The molecule has 0 heterocycles. The third-order valence-corrected chi connectivity index (χ3v) is 2.82. The summed E-state index contributed by atoms with van der Waals surface area (Å²) >= 11 is 0. The van der Waals surface area contributed by atoms with Gasteiger partial charge in [0.1, 0.15) is 0 Å². The highest BCUT2D eigenvalue weighted by molar-refractivity contribution is 5.91. The van der Waals surface area contributed by atoms with Gasteiger partial charge in [0.2, 0.25) is 5.91 Å². The molecule has 2 aromatic carbocycles. The van der Waals surface area contributed by atoms with Crippen LogP contribution in [0.1, 0.15) is 11.1 Å². The summed E-state index contributed by atoms with van der Waals surface area (Å²) in [5.41, 5.74) is 1.62. The Kier molecular flexibility index (Phi) is 4.82. The van der Waals surface area contributed by atoms with Gasteiger partial charge in [-0.1, -0.05) is 42.5 Å². The predicted molar refractivity (Wildman–Crippen MR) is 80.4 cm³/mol. The van der Waals surface area contributed by atoms with Crippen molar-refractivity contribution in [2.24, 2.45) is 0 Å². The van der Waals surface area contributed by atoms with Gasteiger partial charge >= 0.3 is 0 Å². The second-order valence-corrected chi connectivity index (χ2v) is 4.39. The van der Waals surface area contributed by atoms with Gasteiger partial charge in [0.25, 0.3) is 5.69 Å². The predicted octanol–water partition coefficient (Wildman–Crippen LogP) is 2.92. The Morgan fingerprint density at radius 1 is 1.14 bits per heavy atom. The molecule has 0 atom stereocenters. The number of non-ortho nitro benzene ring substituents is 1. The van der Waals surface area contributed by atoms with Crippen LogP contribution in [-0.4, -0.2) is 10.8 Å². The van der Waals surface area contributed by atoms with Crippen LogP contribution in [0.15, 0.2) is 60.7 Å². The molecule has 2 rings (SSSR count). The molecule has 0 saturated carbocycles. The van der Waals surface area contributed by atoms with E-state index in [-0.39, 0.29) is 11.6 Å². The molecule has 0 radical (unpaired) electrons. The van der Waals surface area contributed by atoms with E-state index in [2.05, 4.69) is 5.32 Å². The van der Waals surface area contributed by atoms with E-state index in [1.54, 1.807) is 18.2 Å². The summed E-state index contributed by atoms with van der Waals surface area (Å²) < 4.78 is 0. The molecule has 21 heavy (non-hydrogen) atoms. The van der Waals surface area contributed by atoms with E-state index in [1.807, 2.05) is 30.3 Å². The highest BCUT2D eigenvalue weighted by Crippen LogP contribution is 2.13. The molecule has 0 aromatic heterocycles. The average molecular weight is 282 g/mol. The van der Waals surface area contributed by atoms with Crippen LogP contribution in [0.5, 0.6) is 0 Å². The molecule has 0 aliphatic carbocycles. The number of benzene rings is 2. The zero-order valence-electron chi connectivity index (χ0n) is 11.2. The van der Waals surface area contributed by atoms with Crippen LogP contribution < -0.4 is 5.32 Å². The first-order valence-corrected chi connectivity index (χ1v) is 6.39. The van der Waals surface area contributed by atoms with Gasteiger partial charge in [-0.25, -0.2) is 0 Å². The number of nitrogens with one attached hydrogen (secondary N) is 1. The van der Waals surface area contributed by atoms with Crippen molar-refractivity contribution in [3.05, 3.63) is 81.9 Å². The maximum absolute atomic E-state index is 11.7. The van der Waals surface area contributed by atoms with E-state index >= 15 is 0 Å². The first-order valence-electron chi connectivity index (χ1n) is 6.39. The van der Waals surface area contributed by atoms with Gasteiger partial charge < -0.3 is 5.32 Å². The number of hydrogen-bond donors (Lipinski definition) is 1. The number of hydrogen-bond acceptors (Lipinski definition) is 3. The first kappa shape index (κ1) is 14.5. The number of nitro groups is 1. The van der Waals surface area contributed by atoms with Gasteiger partial charge in [0, 0.05) is 24.8 Å². The largest absolute Gasteiger partial charge is 0.348 e. The molecule has 1 N–H and O–H groups in total. The fourth-order valence-corrected chi connectivity index (χ4v) is 1.76. The SMILES string of the molecule is O=C(C=Cc1cccc([N+](=O)[O-])c1)NCc1ccccc1. The smallest absolute Gasteiger partial charge is 0.270 e. The molecule has 2 aromatic rings. The second-order valence-electron chi connectivity index (χ2n) is 4.39. The summed E-state index contributed by atoms with van der Waals surface area (Å²) in [5.74, 6) is -0.245. The second kappa shape index (κ2) is 7.00. The van der Waals surface area contributed by atoms with Crippen LogP contribution >= 0.6 is 0 Å². The van der Waals surface area contributed by atoms with Crippen LogP contribution in [0.25, 0.3) is 6.08 Å². The van der Waals surface area contributed by atoms with Crippen LogP contribution in [0, 0.1) is 10.1 Å². The van der Waals surface area contributed by atoms with Gasteiger partial charge in [-0.3, -0.25) is 14.9 Å². The highest BCUT2D eigenvalue weighted by atomic mass is 16.6. The molecule has 0 spiro atoms. The Morgan fingerprint density at radius 3 is 2.62 bits per heavy atom. The zero-order valence-corrected chi connectivity index (χ0v) is 11.2. The lowest BCUT2D eigenvalue weighted by atomic mass is 10.2. The van der Waals surface area contributed by atoms with Crippen LogP contribution in [0.2, 0.25) is 0 Å². The Morgan fingerprint density at radius 2 is 1.90 bits per heavy atom. The fraction of sp³-hybridized carbons (Fsp3) is 0.0625. The van der Waals surface area contributed by atoms with Crippen LogP contribution in [-0.2, 0) is 11.3 Å². The molecular weight excluding hydrogens is 268 g/mol. The van der Waals surface area contributed by atoms with E-state index in [0.29, 0.717) is 12.1 Å². The normalized spacial score (nSPS) is 10.5. The summed E-state index contributed by atoms with van der Waals surface area (Å²) in [6.07, 6.45) is 2.91. The Balaban J connectivity index is 1.93. The standard InChI is InChI=1S/C16H14N2O3/c19-16(17-12-14-5-2-1-3-6-14)10-9-13-7-4-8-15(11-13)18(20)21/h1-11H,12H2,(H,17,19). The number of carbonyl (C=O) groups is 1. The lowest BCUT2D eigenvalue weighted by Gasteiger charge is -2.01. The van der Waals surface area contributed by atoms with Gasteiger partial charge in [-0.2, -0.15) is 0 Å². The lowest BCUT2D eigenvalue weighted by Crippen LogP contribution is -2.20. The van der Waals surface area contributed by atoms with E-state index < -0.39 is 4.92 Å². The van der Waals surface area contributed by atoms with Crippen molar-refractivity contribution in [3.8, 4) is 0 Å². The van der Waals surface area contributed by atoms with Crippen molar-refractivity contribution in [2.75, 3.05) is 0 Å². The number of amides is 1. The van der Waals surface area contributed by atoms with E-state index in [0.717, 1.165) is 5.56 Å². The monoisotopic (exact) mass is 282 g/mol. The van der Waals surface area contributed by atoms with Crippen LogP contribution in [0.3, 0.4) is 0 Å². The highest BCUT2D eigenvalue weighted by Gasteiger charge is 2.04. The minimum absolute atomic E-state index is 0.00171. The van der Waals surface area contributed by atoms with Crippen molar-refractivity contribution in [1.29, 1.82) is 0 Å². The molecule has 0 unspecified atom stereocenters. The Bertz CT molecular complexity index is 666. The van der Waals surface area contributed by atoms with Gasteiger partial charge in [-0.15, -0.1) is 0 Å². The molecule has 0 fully saturated rings. The van der Waals surface area contributed by atoms with Gasteiger partial charge in [-0.05, 0) is 17.2 Å². The van der Waals surface area contributed by atoms with Gasteiger partial charge in [0.15, 0.2) is 0 Å². The summed E-state index contributed by atoms with van der Waals surface area (Å²) in [7, 11) is 0. The summed E-state index contributed by atoms with van der Waals surface area (Å²) in [5, 5.41) is 13.4. The minimum Gasteiger partial charge on any atom is -0.348 e. The summed E-state index contributed by atoms with van der Waals surface area (Å²) in [6, 6.07) is 15.7.